The van der Waals surface area contributed by atoms with Crippen LogP contribution < -0.4 is 5.32 Å². The second-order valence-electron chi connectivity index (χ2n) is 3.76. The Morgan fingerprint density at radius 2 is 1.89 bits per heavy atom. The van der Waals surface area contributed by atoms with Gasteiger partial charge in [-0.3, -0.25) is 4.79 Å². The van der Waals surface area contributed by atoms with Crippen molar-refractivity contribution in [2.75, 3.05) is 5.32 Å². The van der Waals surface area contributed by atoms with E-state index in [4.69, 9.17) is 0 Å². The molecule has 0 radical (unpaired) electrons. The molecule has 0 aliphatic heterocycles. The van der Waals surface area contributed by atoms with Crippen LogP contribution in [0.5, 0.6) is 0 Å². The predicted molar refractivity (Wildman–Crippen MR) is 70.9 cm³/mol. The summed E-state index contributed by atoms with van der Waals surface area (Å²) in [4.78, 5) is 11.9. The van der Waals surface area contributed by atoms with Gasteiger partial charge in [0, 0.05) is 16.8 Å². The van der Waals surface area contributed by atoms with Crippen molar-refractivity contribution in [1.82, 2.24) is 0 Å². The predicted octanol–water partition coefficient (Wildman–Crippen LogP) is 3.72. The fourth-order valence-corrected chi connectivity index (χ4v) is 1.60. The molecule has 2 aromatic carbocycles. The summed E-state index contributed by atoms with van der Waals surface area (Å²) in [6.07, 6.45) is 1.50. The summed E-state index contributed by atoms with van der Waals surface area (Å²) in [5.41, 5.74) is 1.65. The minimum Gasteiger partial charge on any atom is -0.321 e. The largest absolute Gasteiger partial charge is 0.321 e. The zero-order valence-corrected chi connectivity index (χ0v) is 9.69. The van der Waals surface area contributed by atoms with E-state index in [0.717, 1.165) is 0 Å². The quantitative estimate of drug-likeness (QED) is 0.871. The highest BCUT2D eigenvalue weighted by Gasteiger charge is 2.07. The van der Waals surface area contributed by atoms with Crippen LogP contribution >= 0.6 is 0 Å². The van der Waals surface area contributed by atoms with Crippen LogP contribution in [0.2, 0.25) is 0 Å². The summed E-state index contributed by atoms with van der Waals surface area (Å²) in [5.74, 6) is -0.590. The highest BCUT2D eigenvalue weighted by atomic mass is 19.1. The third-order valence-corrected chi connectivity index (χ3v) is 2.52. The van der Waals surface area contributed by atoms with Gasteiger partial charge in [-0.15, -0.1) is 0 Å². The Kier molecular flexibility index (Phi) is 3.53. The fourth-order valence-electron chi connectivity index (χ4n) is 1.60. The molecule has 0 aliphatic rings. The van der Waals surface area contributed by atoms with Gasteiger partial charge in [0.2, 0.25) is 0 Å². The van der Waals surface area contributed by atoms with Crippen molar-refractivity contribution in [3.8, 4) is 0 Å². The minimum atomic E-state index is -0.359. The fraction of sp³-hybridized carbons (Fsp3) is 0. The number of rotatable bonds is 3. The molecule has 2 aromatic rings. The Balaban J connectivity index is 2.25. The first-order valence-electron chi connectivity index (χ1n) is 5.49. The van der Waals surface area contributed by atoms with Crippen molar-refractivity contribution in [1.29, 1.82) is 0 Å². The molecule has 0 atom stereocenters. The second kappa shape index (κ2) is 5.27. The van der Waals surface area contributed by atoms with Crippen LogP contribution in [0.3, 0.4) is 0 Å². The molecule has 2 nitrogen and oxygen atoms in total. The van der Waals surface area contributed by atoms with E-state index in [1.54, 1.807) is 24.3 Å². The van der Waals surface area contributed by atoms with Gasteiger partial charge in [0.05, 0.1) is 0 Å². The van der Waals surface area contributed by atoms with Crippen molar-refractivity contribution in [3.05, 3.63) is 72.1 Å². The van der Waals surface area contributed by atoms with Gasteiger partial charge in [-0.05, 0) is 30.3 Å². The molecule has 2 rings (SSSR count). The third kappa shape index (κ3) is 2.63. The highest BCUT2D eigenvalue weighted by molar-refractivity contribution is 6.05. The molecule has 0 aromatic heterocycles. The summed E-state index contributed by atoms with van der Waals surface area (Å²) in [5, 5.41) is 2.73. The summed E-state index contributed by atoms with van der Waals surface area (Å²) in [7, 11) is 0. The van der Waals surface area contributed by atoms with Crippen molar-refractivity contribution < 1.29 is 9.18 Å². The van der Waals surface area contributed by atoms with Gasteiger partial charge in [0.25, 0.3) is 5.91 Å². The molecule has 0 heterocycles. The summed E-state index contributed by atoms with van der Waals surface area (Å²) < 4.78 is 13.0. The lowest BCUT2D eigenvalue weighted by atomic mass is 10.1. The number of carbonyl (C=O) groups excluding carboxylic acids is 1. The Labute approximate surface area is 105 Å². The first-order valence-corrected chi connectivity index (χ1v) is 5.49. The first kappa shape index (κ1) is 12.0. The van der Waals surface area contributed by atoms with E-state index >= 15 is 0 Å². The van der Waals surface area contributed by atoms with E-state index in [2.05, 4.69) is 11.9 Å². The SMILES string of the molecule is C=Cc1cc(F)ccc1NC(=O)c1ccccc1. The summed E-state index contributed by atoms with van der Waals surface area (Å²) >= 11 is 0. The number of anilines is 1. The molecule has 0 aliphatic carbocycles. The van der Waals surface area contributed by atoms with Crippen LogP contribution in [0.4, 0.5) is 10.1 Å². The monoisotopic (exact) mass is 241 g/mol. The van der Waals surface area contributed by atoms with Gasteiger partial charge < -0.3 is 5.32 Å². The van der Waals surface area contributed by atoms with E-state index < -0.39 is 0 Å². The smallest absolute Gasteiger partial charge is 0.255 e. The molecular formula is C15H12FNO. The topological polar surface area (TPSA) is 29.1 Å². The standard InChI is InChI=1S/C15H12FNO/c1-2-11-10-13(16)8-9-14(11)17-15(18)12-6-4-3-5-7-12/h2-10H,1H2,(H,17,18). The van der Waals surface area contributed by atoms with Gasteiger partial charge in [0.1, 0.15) is 5.82 Å². The lowest BCUT2D eigenvalue weighted by molar-refractivity contribution is 0.102. The van der Waals surface area contributed by atoms with Crippen LogP contribution in [0, 0.1) is 5.82 Å². The number of hydrogen-bond acceptors (Lipinski definition) is 1. The lowest BCUT2D eigenvalue weighted by Gasteiger charge is -2.08. The zero-order chi connectivity index (χ0) is 13.0. The third-order valence-electron chi connectivity index (χ3n) is 2.52. The van der Waals surface area contributed by atoms with Crippen LogP contribution in [-0.4, -0.2) is 5.91 Å². The molecule has 0 fully saturated rings. The van der Waals surface area contributed by atoms with Gasteiger partial charge >= 0.3 is 0 Å². The molecule has 90 valence electrons. The van der Waals surface area contributed by atoms with Crippen molar-refractivity contribution in [3.63, 3.8) is 0 Å². The molecule has 0 spiro atoms. The molecule has 18 heavy (non-hydrogen) atoms. The summed E-state index contributed by atoms with van der Waals surface area (Å²) in [6.45, 7) is 3.59. The number of benzene rings is 2. The van der Waals surface area contributed by atoms with Gasteiger partial charge in [-0.2, -0.15) is 0 Å². The Bertz CT molecular complexity index is 578. The van der Waals surface area contributed by atoms with Crippen LogP contribution in [0.15, 0.2) is 55.1 Å². The zero-order valence-electron chi connectivity index (χ0n) is 9.69. The molecule has 0 saturated carbocycles. The first-order chi connectivity index (χ1) is 8.70. The lowest BCUT2D eigenvalue weighted by Crippen LogP contribution is -2.12. The normalized spacial score (nSPS) is 9.83. The van der Waals surface area contributed by atoms with E-state index in [-0.39, 0.29) is 11.7 Å². The maximum atomic E-state index is 13.0. The maximum absolute atomic E-state index is 13.0. The number of nitrogens with one attached hydrogen (secondary N) is 1. The van der Waals surface area contributed by atoms with E-state index in [9.17, 15) is 9.18 Å². The number of carbonyl (C=O) groups is 1. The molecule has 3 heteroatoms. The molecule has 1 amide bonds. The molecule has 0 saturated heterocycles. The van der Waals surface area contributed by atoms with Gasteiger partial charge in [-0.1, -0.05) is 30.9 Å². The highest BCUT2D eigenvalue weighted by Crippen LogP contribution is 2.19. The number of amides is 1. The molecule has 0 bridgehead atoms. The Morgan fingerprint density at radius 3 is 2.56 bits per heavy atom. The van der Waals surface area contributed by atoms with Crippen LogP contribution in [0.25, 0.3) is 6.08 Å². The molecule has 1 N–H and O–H groups in total. The van der Waals surface area contributed by atoms with E-state index in [1.807, 2.05) is 6.07 Å². The number of halogens is 1. The average molecular weight is 241 g/mol. The summed E-state index contributed by atoms with van der Waals surface area (Å²) in [6, 6.07) is 13.0. The van der Waals surface area contributed by atoms with Crippen LogP contribution in [0.1, 0.15) is 15.9 Å². The Hall–Kier alpha value is -2.42. The maximum Gasteiger partial charge on any atom is 0.255 e. The van der Waals surface area contributed by atoms with Crippen LogP contribution in [-0.2, 0) is 0 Å². The van der Waals surface area contributed by atoms with E-state index in [0.29, 0.717) is 16.8 Å². The molecular weight excluding hydrogens is 229 g/mol. The van der Waals surface area contributed by atoms with Gasteiger partial charge in [0.15, 0.2) is 0 Å². The molecule has 0 unspecified atom stereocenters. The second-order valence-corrected chi connectivity index (χ2v) is 3.76. The van der Waals surface area contributed by atoms with Crippen molar-refractivity contribution in [2.24, 2.45) is 0 Å². The van der Waals surface area contributed by atoms with Gasteiger partial charge in [-0.25, -0.2) is 4.39 Å². The van der Waals surface area contributed by atoms with E-state index in [1.165, 1.54) is 24.3 Å². The average Bonchev–Trinajstić information content (AvgIpc) is 2.41. The van der Waals surface area contributed by atoms with Crippen molar-refractivity contribution >= 4 is 17.7 Å². The van der Waals surface area contributed by atoms with Crippen molar-refractivity contribution in [2.45, 2.75) is 0 Å². The minimum absolute atomic E-state index is 0.231. The Morgan fingerprint density at radius 1 is 1.17 bits per heavy atom. The number of hydrogen-bond donors (Lipinski definition) is 1.